The maximum absolute atomic E-state index is 11.6. The molecular weight excluding hydrogens is 232 g/mol. The fraction of sp³-hybridized carbons (Fsp3) is 0.846. The summed E-state index contributed by atoms with van der Waals surface area (Å²) in [5, 5.41) is 14.2. The number of hydrogen-bond donors (Lipinski definition) is 3. The second kappa shape index (κ2) is 9.74. The number of urea groups is 1. The van der Waals surface area contributed by atoms with Crippen molar-refractivity contribution in [1.82, 2.24) is 10.6 Å². The molecule has 0 radical (unpaired) electrons. The zero-order chi connectivity index (χ0) is 14.0. The molecule has 0 aromatic carbocycles. The minimum absolute atomic E-state index is 0.161. The van der Waals surface area contributed by atoms with Crippen LogP contribution in [-0.2, 0) is 4.79 Å². The van der Waals surface area contributed by atoms with Gasteiger partial charge in [-0.2, -0.15) is 0 Å². The van der Waals surface area contributed by atoms with E-state index in [0.29, 0.717) is 0 Å². The van der Waals surface area contributed by atoms with Crippen LogP contribution in [0.4, 0.5) is 4.79 Å². The highest BCUT2D eigenvalue weighted by Gasteiger charge is 2.14. The Balaban J connectivity index is 3.97. The van der Waals surface area contributed by atoms with Gasteiger partial charge in [-0.3, -0.25) is 4.79 Å². The van der Waals surface area contributed by atoms with Gasteiger partial charge in [0.25, 0.3) is 0 Å². The third-order valence-electron chi connectivity index (χ3n) is 2.87. The lowest BCUT2D eigenvalue weighted by molar-refractivity contribution is -0.140. The third kappa shape index (κ3) is 7.92. The van der Waals surface area contributed by atoms with Gasteiger partial charge in [-0.1, -0.05) is 40.0 Å². The molecule has 0 rings (SSSR count). The van der Waals surface area contributed by atoms with Gasteiger partial charge in [0.2, 0.25) is 0 Å². The van der Waals surface area contributed by atoms with E-state index in [0.717, 1.165) is 32.1 Å². The first-order valence-corrected chi connectivity index (χ1v) is 6.78. The average molecular weight is 258 g/mol. The molecule has 0 spiro atoms. The van der Waals surface area contributed by atoms with Crippen LogP contribution in [0.3, 0.4) is 0 Å². The minimum Gasteiger partial charge on any atom is -0.481 e. The summed E-state index contributed by atoms with van der Waals surface area (Å²) in [5.74, 6) is -1.46. The van der Waals surface area contributed by atoms with Crippen LogP contribution in [0.15, 0.2) is 0 Å². The zero-order valence-electron chi connectivity index (χ0n) is 11.7. The lowest BCUT2D eigenvalue weighted by Crippen LogP contribution is -2.44. The zero-order valence-corrected chi connectivity index (χ0v) is 11.7. The molecule has 0 aliphatic rings. The van der Waals surface area contributed by atoms with E-state index in [-0.39, 0.29) is 18.6 Å². The van der Waals surface area contributed by atoms with Gasteiger partial charge in [-0.05, 0) is 12.8 Å². The number of rotatable bonds is 9. The Morgan fingerprint density at radius 3 is 2.33 bits per heavy atom. The predicted octanol–water partition coefficient (Wildman–Crippen LogP) is 2.37. The number of carboxylic acid groups (broad SMARTS) is 1. The molecule has 0 fully saturated rings. The van der Waals surface area contributed by atoms with E-state index in [1.165, 1.54) is 0 Å². The minimum atomic E-state index is -0.897. The van der Waals surface area contributed by atoms with E-state index in [9.17, 15) is 9.59 Å². The maximum Gasteiger partial charge on any atom is 0.315 e. The SMILES string of the molecule is CCCCC(CCC)NC(=O)NCC(C)C(=O)O. The molecule has 2 atom stereocenters. The Morgan fingerprint density at radius 1 is 1.17 bits per heavy atom. The van der Waals surface area contributed by atoms with Crippen LogP contribution >= 0.6 is 0 Å². The molecule has 0 saturated carbocycles. The normalized spacial score (nSPS) is 13.7. The van der Waals surface area contributed by atoms with Crippen LogP contribution in [0.2, 0.25) is 0 Å². The summed E-state index contributed by atoms with van der Waals surface area (Å²) in [7, 11) is 0. The van der Waals surface area contributed by atoms with Gasteiger partial charge in [0.05, 0.1) is 5.92 Å². The first kappa shape index (κ1) is 16.7. The molecule has 0 aliphatic carbocycles. The molecule has 0 aromatic rings. The molecule has 0 aromatic heterocycles. The molecule has 2 amide bonds. The van der Waals surface area contributed by atoms with Crippen LogP contribution in [-0.4, -0.2) is 29.7 Å². The van der Waals surface area contributed by atoms with Crippen molar-refractivity contribution in [2.45, 2.75) is 58.9 Å². The highest BCUT2D eigenvalue weighted by atomic mass is 16.4. The number of carboxylic acids is 1. The van der Waals surface area contributed by atoms with E-state index in [2.05, 4.69) is 24.5 Å². The molecule has 106 valence electrons. The Labute approximate surface area is 109 Å². The van der Waals surface area contributed by atoms with Gasteiger partial charge in [-0.15, -0.1) is 0 Å². The topological polar surface area (TPSA) is 78.4 Å². The summed E-state index contributed by atoms with van der Waals surface area (Å²) < 4.78 is 0. The quantitative estimate of drug-likeness (QED) is 0.594. The molecule has 3 N–H and O–H groups in total. The van der Waals surface area contributed by atoms with Crippen LogP contribution in [0, 0.1) is 5.92 Å². The van der Waals surface area contributed by atoms with E-state index in [1.807, 2.05) is 0 Å². The Hall–Kier alpha value is -1.26. The van der Waals surface area contributed by atoms with Crippen LogP contribution in [0.5, 0.6) is 0 Å². The van der Waals surface area contributed by atoms with E-state index < -0.39 is 11.9 Å². The summed E-state index contributed by atoms with van der Waals surface area (Å²) in [5.41, 5.74) is 0. The molecule has 5 nitrogen and oxygen atoms in total. The average Bonchev–Trinajstić information content (AvgIpc) is 2.33. The van der Waals surface area contributed by atoms with Crippen molar-refractivity contribution in [3.05, 3.63) is 0 Å². The number of carbonyl (C=O) groups excluding carboxylic acids is 1. The first-order valence-electron chi connectivity index (χ1n) is 6.78. The van der Waals surface area contributed by atoms with Gasteiger partial charge in [-0.25, -0.2) is 4.79 Å². The van der Waals surface area contributed by atoms with Crippen molar-refractivity contribution < 1.29 is 14.7 Å². The van der Waals surface area contributed by atoms with Crippen molar-refractivity contribution in [3.63, 3.8) is 0 Å². The molecule has 5 heteroatoms. The lowest BCUT2D eigenvalue weighted by Gasteiger charge is -2.18. The van der Waals surface area contributed by atoms with Gasteiger partial charge in [0.1, 0.15) is 0 Å². The number of amides is 2. The van der Waals surface area contributed by atoms with Crippen LogP contribution in [0.1, 0.15) is 52.9 Å². The summed E-state index contributed by atoms with van der Waals surface area (Å²) in [6.45, 7) is 5.94. The predicted molar refractivity (Wildman–Crippen MR) is 71.6 cm³/mol. The number of aliphatic carboxylic acids is 1. The maximum atomic E-state index is 11.6. The number of carbonyl (C=O) groups is 2. The largest absolute Gasteiger partial charge is 0.481 e. The van der Waals surface area contributed by atoms with Crippen molar-refractivity contribution >= 4 is 12.0 Å². The van der Waals surface area contributed by atoms with E-state index in [1.54, 1.807) is 6.92 Å². The molecular formula is C13H26N2O3. The second-order valence-corrected chi connectivity index (χ2v) is 4.72. The number of nitrogens with one attached hydrogen (secondary N) is 2. The van der Waals surface area contributed by atoms with Crippen molar-refractivity contribution in [2.24, 2.45) is 5.92 Å². The summed E-state index contributed by atoms with van der Waals surface area (Å²) in [4.78, 5) is 22.2. The van der Waals surface area contributed by atoms with Gasteiger partial charge in [0.15, 0.2) is 0 Å². The Kier molecular flexibility index (Phi) is 9.06. The highest BCUT2D eigenvalue weighted by Crippen LogP contribution is 2.06. The number of hydrogen-bond acceptors (Lipinski definition) is 2. The number of unbranched alkanes of at least 4 members (excludes halogenated alkanes) is 1. The Bertz CT molecular complexity index is 257. The Morgan fingerprint density at radius 2 is 1.83 bits per heavy atom. The van der Waals surface area contributed by atoms with Crippen LogP contribution < -0.4 is 10.6 Å². The fourth-order valence-corrected chi connectivity index (χ4v) is 1.66. The van der Waals surface area contributed by atoms with Crippen molar-refractivity contribution in [2.75, 3.05) is 6.54 Å². The smallest absolute Gasteiger partial charge is 0.315 e. The molecule has 0 saturated heterocycles. The monoisotopic (exact) mass is 258 g/mol. The summed E-state index contributed by atoms with van der Waals surface area (Å²) >= 11 is 0. The fourth-order valence-electron chi connectivity index (χ4n) is 1.66. The molecule has 2 unspecified atom stereocenters. The van der Waals surface area contributed by atoms with E-state index in [4.69, 9.17) is 5.11 Å². The molecule has 0 heterocycles. The van der Waals surface area contributed by atoms with Crippen molar-refractivity contribution in [1.29, 1.82) is 0 Å². The van der Waals surface area contributed by atoms with E-state index >= 15 is 0 Å². The lowest BCUT2D eigenvalue weighted by atomic mass is 10.1. The molecule has 0 aliphatic heterocycles. The standard InChI is InChI=1S/C13H26N2O3/c1-4-6-8-11(7-5-2)15-13(18)14-9-10(3)12(16)17/h10-11H,4-9H2,1-3H3,(H,16,17)(H2,14,15,18). The second-order valence-electron chi connectivity index (χ2n) is 4.72. The summed E-state index contributed by atoms with van der Waals surface area (Å²) in [6.07, 6.45) is 5.17. The third-order valence-corrected chi connectivity index (χ3v) is 2.87. The molecule has 18 heavy (non-hydrogen) atoms. The van der Waals surface area contributed by atoms with Crippen molar-refractivity contribution in [3.8, 4) is 0 Å². The summed E-state index contributed by atoms with van der Waals surface area (Å²) in [6, 6.07) is -0.0762. The first-order chi connectivity index (χ1) is 8.51. The van der Waals surface area contributed by atoms with Crippen LogP contribution in [0.25, 0.3) is 0 Å². The highest BCUT2D eigenvalue weighted by molar-refractivity contribution is 5.75. The van der Waals surface area contributed by atoms with Gasteiger partial charge >= 0.3 is 12.0 Å². The van der Waals surface area contributed by atoms with Gasteiger partial charge < -0.3 is 15.7 Å². The van der Waals surface area contributed by atoms with Gasteiger partial charge in [0, 0.05) is 12.6 Å². The molecule has 0 bridgehead atoms.